The van der Waals surface area contributed by atoms with E-state index in [1.54, 1.807) is 18.3 Å². The lowest BCUT2D eigenvalue weighted by Crippen LogP contribution is -2.36. The van der Waals surface area contributed by atoms with Crippen LogP contribution in [-0.2, 0) is 17.7 Å². The van der Waals surface area contributed by atoms with Gasteiger partial charge in [0.15, 0.2) is 0 Å². The van der Waals surface area contributed by atoms with Gasteiger partial charge in [-0.05, 0) is 23.6 Å². The first kappa shape index (κ1) is 15.1. The number of benzene rings is 1. The Bertz CT molecular complexity index is 724. The minimum atomic E-state index is 0.0211. The molecule has 24 heavy (non-hydrogen) atoms. The second kappa shape index (κ2) is 6.61. The lowest BCUT2D eigenvalue weighted by Gasteiger charge is -2.28. The van der Waals surface area contributed by atoms with Gasteiger partial charge < -0.3 is 14.4 Å². The molecule has 0 bridgehead atoms. The maximum absolute atomic E-state index is 12.7. The van der Waals surface area contributed by atoms with Crippen LogP contribution in [0.3, 0.4) is 0 Å². The number of carbonyl (C=O) groups excluding carboxylic acids is 1. The number of ether oxygens (including phenoxy) is 2. The van der Waals surface area contributed by atoms with Crippen LogP contribution in [0.5, 0.6) is 5.88 Å². The van der Waals surface area contributed by atoms with Gasteiger partial charge in [-0.3, -0.25) is 4.79 Å². The second-order valence-electron chi connectivity index (χ2n) is 6.23. The quantitative estimate of drug-likeness (QED) is 0.870. The lowest BCUT2D eigenvalue weighted by atomic mass is 9.99. The Morgan fingerprint density at radius 2 is 2.08 bits per heavy atom. The van der Waals surface area contributed by atoms with Crippen LogP contribution in [0.4, 0.5) is 0 Å². The fraction of sp³-hybridized carbons (Fsp3) is 0.368. The molecule has 0 saturated carbocycles. The number of carbonyl (C=O) groups is 1. The summed E-state index contributed by atoms with van der Waals surface area (Å²) in [6, 6.07) is 11.9. The molecule has 1 amide bonds. The Balaban J connectivity index is 1.43. The number of pyridine rings is 1. The molecule has 2 aliphatic rings. The molecule has 2 aromatic rings. The van der Waals surface area contributed by atoms with Crippen LogP contribution in [0, 0.1) is 0 Å². The first-order valence-corrected chi connectivity index (χ1v) is 8.36. The summed E-state index contributed by atoms with van der Waals surface area (Å²) in [6.07, 6.45) is 3.46. The molecule has 0 aliphatic carbocycles. The smallest absolute Gasteiger partial charge is 0.255 e. The van der Waals surface area contributed by atoms with Crippen molar-refractivity contribution in [3.05, 3.63) is 59.3 Å². The molecule has 0 spiro atoms. The van der Waals surface area contributed by atoms with Crippen molar-refractivity contribution in [2.75, 3.05) is 19.8 Å². The van der Waals surface area contributed by atoms with E-state index in [-0.39, 0.29) is 12.0 Å². The van der Waals surface area contributed by atoms with Gasteiger partial charge in [-0.1, -0.05) is 24.3 Å². The summed E-state index contributed by atoms with van der Waals surface area (Å²) < 4.78 is 11.0. The molecule has 1 aromatic heterocycles. The van der Waals surface area contributed by atoms with Crippen molar-refractivity contribution in [2.45, 2.75) is 25.5 Å². The predicted molar refractivity (Wildman–Crippen MR) is 89.0 cm³/mol. The van der Waals surface area contributed by atoms with E-state index in [4.69, 9.17) is 9.47 Å². The van der Waals surface area contributed by atoms with Crippen molar-refractivity contribution in [3.63, 3.8) is 0 Å². The summed E-state index contributed by atoms with van der Waals surface area (Å²) in [5, 5.41) is 0. The van der Waals surface area contributed by atoms with E-state index in [0.717, 1.165) is 26.0 Å². The summed E-state index contributed by atoms with van der Waals surface area (Å²) >= 11 is 0. The zero-order valence-electron chi connectivity index (χ0n) is 13.5. The number of hydrogen-bond acceptors (Lipinski definition) is 4. The van der Waals surface area contributed by atoms with Crippen molar-refractivity contribution >= 4 is 5.91 Å². The van der Waals surface area contributed by atoms with Crippen molar-refractivity contribution in [2.24, 2.45) is 0 Å². The number of fused-ring (bicyclic) bond motifs is 1. The van der Waals surface area contributed by atoms with Crippen molar-refractivity contribution in [3.8, 4) is 5.88 Å². The average Bonchev–Trinajstić information content (AvgIpc) is 3.14. The molecule has 3 heterocycles. The van der Waals surface area contributed by atoms with Crippen LogP contribution in [-0.4, -0.2) is 41.7 Å². The van der Waals surface area contributed by atoms with Gasteiger partial charge in [-0.15, -0.1) is 0 Å². The van der Waals surface area contributed by atoms with Gasteiger partial charge in [-0.25, -0.2) is 4.98 Å². The molecule has 1 unspecified atom stereocenters. The third-order valence-corrected chi connectivity index (χ3v) is 4.58. The summed E-state index contributed by atoms with van der Waals surface area (Å²) in [6.45, 7) is 2.74. The van der Waals surface area contributed by atoms with E-state index >= 15 is 0 Å². The molecule has 0 N–H and O–H groups in total. The standard InChI is InChI=1S/C19H20N2O3/c22-19(21-9-7-14-3-1-2-4-16(14)12-21)15-5-6-18(20-11-15)24-17-8-10-23-13-17/h1-6,11,17H,7-10,12-13H2. The van der Waals surface area contributed by atoms with Crippen molar-refractivity contribution < 1.29 is 14.3 Å². The normalized spacial score (nSPS) is 19.8. The molecule has 124 valence electrons. The Morgan fingerprint density at radius 1 is 1.21 bits per heavy atom. The maximum atomic E-state index is 12.7. The fourth-order valence-corrected chi connectivity index (χ4v) is 3.20. The zero-order chi connectivity index (χ0) is 16.4. The third kappa shape index (κ3) is 3.12. The van der Waals surface area contributed by atoms with Crippen LogP contribution in [0.2, 0.25) is 0 Å². The molecule has 1 aromatic carbocycles. The number of amides is 1. The molecule has 5 heteroatoms. The molecule has 4 rings (SSSR count). The molecule has 1 saturated heterocycles. The van der Waals surface area contributed by atoms with E-state index in [0.29, 0.717) is 24.6 Å². The highest BCUT2D eigenvalue weighted by Crippen LogP contribution is 2.21. The first-order valence-electron chi connectivity index (χ1n) is 8.36. The highest BCUT2D eigenvalue weighted by Gasteiger charge is 2.22. The van der Waals surface area contributed by atoms with Crippen LogP contribution in [0.25, 0.3) is 0 Å². The number of aromatic nitrogens is 1. The van der Waals surface area contributed by atoms with E-state index < -0.39 is 0 Å². The number of nitrogens with zero attached hydrogens (tertiary/aromatic N) is 2. The van der Waals surface area contributed by atoms with Gasteiger partial charge in [0.1, 0.15) is 6.10 Å². The van der Waals surface area contributed by atoms with Gasteiger partial charge in [0.05, 0.1) is 18.8 Å². The van der Waals surface area contributed by atoms with Gasteiger partial charge in [0, 0.05) is 31.8 Å². The zero-order valence-corrected chi connectivity index (χ0v) is 13.5. The largest absolute Gasteiger partial charge is 0.472 e. The maximum Gasteiger partial charge on any atom is 0.255 e. The van der Waals surface area contributed by atoms with Gasteiger partial charge in [-0.2, -0.15) is 0 Å². The number of rotatable bonds is 3. The average molecular weight is 324 g/mol. The van der Waals surface area contributed by atoms with Gasteiger partial charge in [0.25, 0.3) is 5.91 Å². The lowest BCUT2D eigenvalue weighted by molar-refractivity contribution is 0.0734. The minimum absolute atomic E-state index is 0.0211. The SMILES string of the molecule is O=C(c1ccc(OC2CCOC2)nc1)N1CCc2ccccc2C1. The van der Waals surface area contributed by atoms with Crippen molar-refractivity contribution in [1.29, 1.82) is 0 Å². The molecule has 2 aliphatic heterocycles. The van der Waals surface area contributed by atoms with E-state index in [1.165, 1.54) is 11.1 Å². The molecular formula is C19H20N2O3. The Labute approximate surface area is 141 Å². The highest BCUT2D eigenvalue weighted by atomic mass is 16.5. The second-order valence-corrected chi connectivity index (χ2v) is 6.23. The molecular weight excluding hydrogens is 304 g/mol. The fourth-order valence-electron chi connectivity index (χ4n) is 3.20. The van der Waals surface area contributed by atoms with Gasteiger partial charge in [0.2, 0.25) is 5.88 Å². The number of hydrogen-bond donors (Lipinski definition) is 0. The van der Waals surface area contributed by atoms with Crippen LogP contribution < -0.4 is 4.74 Å². The summed E-state index contributed by atoms with van der Waals surface area (Å²) in [4.78, 5) is 18.8. The molecule has 0 radical (unpaired) electrons. The summed E-state index contributed by atoms with van der Waals surface area (Å²) in [5.74, 6) is 0.568. The minimum Gasteiger partial charge on any atom is -0.472 e. The highest BCUT2D eigenvalue weighted by molar-refractivity contribution is 5.94. The van der Waals surface area contributed by atoms with Gasteiger partial charge >= 0.3 is 0 Å². The van der Waals surface area contributed by atoms with E-state index in [2.05, 4.69) is 17.1 Å². The topological polar surface area (TPSA) is 51.7 Å². The van der Waals surface area contributed by atoms with Crippen LogP contribution in [0.1, 0.15) is 27.9 Å². The summed E-state index contributed by atoms with van der Waals surface area (Å²) in [5.41, 5.74) is 3.16. The summed E-state index contributed by atoms with van der Waals surface area (Å²) in [7, 11) is 0. The third-order valence-electron chi connectivity index (χ3n) is 4.58. The Hall–Kier alpha value is -2.40. The predicted octanol–water partition coefficient (Wildman–Crippen LogP) is 2.45. The van der Waals surface area contributed by atoms with E-state index in [1.807, 2.05) is 17.0 Å². The molecule has 1 atom stereocenters. The Morgan fingerprint density at radius 3 is 2.83 bits per heavy atom. The van der Waals surface area contributed by atoms with Crippen LogP contribution >= 0.6 is 0 Å². The first-order chi connectivity index (χ1) is 11.8. The van der Waals surface area contributed by atoms with E-state index in [9.17, 15) is 4.79 Å². The monoisotopic (exact) mass is 324 g/mol. The molecule has 1 fully saturated rings. The molecule has 5 nitrogen and oxygen atoms in total. The van der Waals surface area contributed by atoms with Crippen LogP contribution in [0.15, 0.2) is 42.6 Å². The Kier molecular flexibility index (Phi) is 4.17. The van der Waals surface area contributed by atoms with Crippen molar-refractivity contribution in [1.82, 2.24) is 9.88 Å².